The third kappa shape index (κ3) is 3.26. The van der Waals surface area contributed by atoms with Gasteiger partial charge in [-0.1, -0.05) is 42.5 Å². The third-order valence-electron chi connectivity index (χ3n) is 3.37. The van der Waals surface area contributed by atoms with Crippen molar-refractivity contribution in [2.45, 2.75) is 38.2 Å². The van der Waals surface area contributed by atoms with E-state index in [1.165, 1.54) is 19.3 Å². The van der Waals surface area contributed by atoms with Crippen LogP contribution in [0.2, 0.25) is 10.3 Å². The Morgan fingerprint density at radius 2 is 1.72 bits per heavy atom. The molecule has 1 aromatic heterocycles. The van der Waals surface area contributed by atoms with Gasteiger partial charge in [-0.25, -0.2) is 9.97 Å². The molecule has 0 N–H and O–H groups in total. The van der Waals surface area contributed by atoms with Crippen molar-refractivity contribution in [3.63, 3.8) is 0 Å². The number of aromatic nitrogens is 2. The summed E-state index contributed by atoms with van der Waals surface area (Å²) in [7, 11) is 1.70. The highest BCUT2D eigenvalue weighted by atomic mass is 127. The first kappa shape index (κ1) is 14.8. The predicted molar refractivity (Wildman–Crippen MR) is 81.1 cm³/mol. The largest absolute Gasteiger partial charge is 0.373 e. The summed E-state index contributed by atoms with van der Waals surface area (Å²) in [5.74, 6) is 1.08. The third-order valence-corrected chi connectivity index (χ3v) is 5.58. The van der Waals surface area contributed by atoms with Gasteiger partial charge in [-0.2, -0.15) is 0 Å². The summed E-state index contributed by atoms with van der Waals surface area (Å²) in [4.78, 5) is 8.63. The molecule has 0 saturated heterocycles. The first-order valence-electron chi connectivity index (χ1n) is 6.04. The van der Waals surface area contributed by atoms with E-state index in [0.29, 0.717) is 25.6 Å². The highest BCUT2D eigenvalue weighted by Gasteiger charge is 2.28. The summed E-state index contributed by atoms with van der Waals surface area (Å²) >= 11 is 14.2. The van der Waals surface area contributed by atoms with Crippen LogP contribution < -0.4 is 0 Å². The zero-order valence-electron chi connectivity index (χ0n) is 10.1. The lowest BCUT2D eigenvalue weighted by Gasteiger charge is -2.28. The Morgan fingerprint density at radius 3 is 2.22 bits per heavy atom. The van der Waals surface area contributed by atoms with Crippen molar-refractivity contribution in [3.05, 3.63) is 19.7 Å². The molecule has 0 radical (unpaired) electrons. The van der Waals surface area contributed by atoms with Gasteiger partial charge in [0.05, 0.1) is 3.57 Å². The minimum atomic E-state index is -0.0997. The Labute approximate surface area is 131 Å². The normalized spacial score (nSPS) is 18.9. The maximum absolute atomic E-state index is 6.06. The number of rotatable bonds is 3. The Bertz CT molecular complexity index is 402. The van der Waals surface area contributed by atoms with Crippen molar-refractivity contribution in [1.82, 2.24) is 9.97 Å². The average Bonchev–Trinajstić information content (AvgIpc) is 2.38. The second-order valence-electron chi connectivity index (χ2n) is 4.53. The van der Waals surface area contributed by atoms with Gasteiger partial charge in [-0.3, -0.25) is 0 Å². The quantitative estimate of drug-likeness (QED) is 0.546. The van der Waals surface area contributed by atoms with E-state index in [1.54, 1.807) is 7.11 Å². The fourth-order valence-corrected chi connectivity index (χ4v) is 3.12. The summed E-state index contributed by atoms with van der Waals surface area (Å²) in [5, 5.41) is 0.812. The van der Waals surface area contributed by atoms with Crippen LogP contribution in [0.4, 0.5) is 0 Å². The Hall–Kier alpha value is 0.350. The van der Waals surface area contributed by atoms with Gasteiger partial charge in [-0.15, -0.1) is 0 Å². The molecule has 0 aliphatic heterocycles. The highest BCUT2D eigenvalue weighted by Crippen LogP contribution is 2.36. The molecule has 1 heterocycles. The summed E-state index contributed by atoms with van der Waals surface area (Å²) in [5.41, 5.74) is 0. The molecule has 3 nitrogen and oxygen atoms in total. The second-order valence-corrected chi connectivity index (χ2v) is 6.33. The van der Waals surface area contributed by atoms with E-state index < -0.39 is 0 Å². The molecule has 0 amide bonds. The molecule has 1 fully saturated rings. The molecule has 0 spiro atoms. The maximum atomic E-state index is 6.06. The molecular weight excluding hydrogens is 386 g/mol. The second kappa shape index (κ2) is 6.68. The summed E-state index contributed by atoms with van der Waals surface area (Å²) in [6.07, 6.45) is 6.01. The Balaban J connectivity index is 2.26. The van der Waals surface area contributed by atoms with E-state index in [9.17, 15) is 0 Å². The van der Waals surface area contributed by atoms with Gasteiger partial charge in [0.1, 0.15) is 16.4 Å². The summed E-state index contributed by atoms with van der Waals surface area (Å²) in [6, 6.07) is 0. The lowest BCUT2D eigenvalue weighted by Crippen LogP contribution is -2.20. The van der Waals surface area contributed by atoms with Crippen molar-refractivity contribution < 1.29 is 4.74 Å². The number of nitrogens with zero attached hydrogens (tertiary/aromatic N) is 2. The molecule has 6 heteroatoms. The summed E-state index contributed by atoms with van der Waals surface area (Å²) < 4.78 is 6.27. The maximum Gasteiger partial charge on any atom is 0.160 e. The zero-order chi connectivity index (χ0) is 13.1. The van der Waals surface area contributed by atoms with Crippen LogP contribution in [-0.4, -0.2) is 17.1 Å². The SMILES string of the molecule is COC(c1nc(Cl)c(I)c(Cl)n1)C1CCCCC1. The molecule has 1 aliphatic rings. The number of hydrogen-bond donors (Lipinski definition) is 0. The Kier molecular flexibility index (Phi) is 5.47. The van der Waals surface area contributed by atoms with E-state index in [2.05, 4.69) is 9.97 Å². The van der Waals surface area contributed by atoms with E-state index in [0.717, 1.165) is 12.8 Å². The van der Waals surface area contributed by atoms with Crippen molar-refractivity contribution in [2.75, 3.05) is 7.11 Å². The highest BCUT2D eigenvalue weighted by molar-refractivity contribution is 14.1. The lowest BCUT2D eigenvalue weighted by molar-refractivity contribution is 0.0289. The fourth-order valence-electron chi connectivity index (χ4n) is 2.48. The van der Waals surface area contributed by atoms with Gasteiger partial charge in [0.15, 0.2) is 5.82 Å². The molecule has 1 atom stereocenters. The van der Waals surface area contributed by atoms with Gasteiger partial charge in [0, 0.05) is 7.11 Å². The van der Waals surface area contributed by atoms with E-state index >= 15 is 0 Å². The standard InChI is InChI=1S/C12H15Cl2IN2O/c1-18-9(7-5-3-2-4-6-7)12-16-10(13)8(15)11(14)17-12/h7,9H,2-6H2,1H3. The minimum Gasteiger partial charge on any atom is -0.373 e. The van der Waals surface area contributed by atoms with Crippen LogP contribution in [-0.2, 0) is 4.74 Å². The van der Waals surface area contributed by atoms with Crippen LogP contribution in [0.5, 0.6) is 0 Å². The predicted octanol–water partition coefficient (Wildman–Crippen LogP) is 4.66. The molecule has 0 aromatic carbocycles. The first-order chi connectivity index (χ1) is 8.63. The molecular formula is C12H15Cl2IN2O. The molecule has 18 heavy (non-hydrogen) atoms. The van der Waals surface area contributed by atoms with E-state index in [-0.39, 0.29) is 6.10 Å². The monoisotopic (exact) mass is 400 g/mol. The van der Waals surface area contributed by atoms with E-state index in [4.69, 9.17) is 27.9 Å². The van der Waals surface area contributed by atoms with Crippen LogP contribution in [0.15, 0.2) is 0 Å². The van der Waals surface area contributed by atoms with Crippen molar-refractivity contribution >= 4 is 45.8 Å². The smallest absolute Gasteiger partial charge is 0.160 e. The van der Waals surface area contributed by atoms with Crippen molar-refractivity contribution in [1.29, 1.82) is 0 Å². The number of ether oxygens (including phenoxy) is 1. The van der Waals surface area contributed by atoms with Crippen molar-refractivity contribution in [3.8, 4) is 0 Å². The first-order valence-corrected chi connectivity index (χ1v) is 7.88. The lowest BCUT2D eigenvalue weighted by atomic mass is 9.85. The minimum absolute atomic E-state index is 0.0997. The molecule has 1 aromatic rings. The van der Waals surface area contributed by atoms with Crippen LogP contribution in [0, 0.1) is 9.49 Å². The number of hydrogen-bond acceptors (Lipinski definition) is 3. The molecule has 100 valence electrons. The van der Waals surface area contributed by atoms with Crippen LogP contribution in [0.3, 0.4) is 0 Å². The Morgan fingerprint density at radius 1 is 1.17 bits per heavy atom. The summed E-state index contributed by atoms with van der Waals surface area (Å²) in [6.45, 7) is 0. The van der Waals surface area contributed by atoms with Crippen molar-refractivity contribution in [2.24, 2.45) is 5.92 Å². The van der Waals surface area contributed by atoms with E-state index in [1.807, 2.05) is 22.6 Å². The van der Waals surface area contributed by atoms with Gasteiger partial charge in [0.2, 0.25) is 0 Å². The van der Waals surface area contributed by atoms with Gasteiger partial charge in [-0.05, 0) is 41.4 Å². The molecule has 1 unspecified atom stereocenters. The molecule has 1 saturated carbocycles. The van der Waals surface area contributed by atoms with Crippen LogP contribution in [0.25, 0.3) is 0 Å². The van der Waals surface area contributed by atoms with Crippen LogP contribution >= 0.6 is 45.8 Å². The number of halogens is 3. The van der Waals surface area contributed by atoms with Gasteiger partial charge < -0.3 is 4.74 Å². The average molecular weight is 401 g/mol. The van der Waals surface area contributed by atoms with Gasteiger partial charge in [0.25, 0.3) is 0 Å². The number of methoxy groups -OCH3 is 1. The molecule has 0 bridgehead atoms. The topological polar surface area (TPSA) is 35.0 Å². The molecule has 1 aliphatic carbocycles. The molecule has 2 rings (SSSR count). The van der Waals surface area contributed by atoms with Crippen LogP contribution in [0.1, 0.15) is 44.0 Å². The zero-order valence-corrected chi connectivity index (χ0v) is 13.8. The van der Waals surface area contributed by atoms with Gasteiger partial charge >= 0.3 is 0 Å². The fraction of sp³-hybridized carbons (Fsp3) is 0.667.